The fourth-order valence-electron chi connectivity index (χ4n) is 6.95. The number of carbonyl (C=O) groups is 5. The van der Waals surface area contributed by atoms with Crippen molar-refractivity contribution in [2.24, 2.45) is 17.2 Å². The number of ether oxygens (including phenoxy) is 2. The Morgan fingerprint density at radius 1 is 0.953 bits per heavy atom. The van der Waals surface area contributed by atoms with Crippen molar-refractivity contribution < 1.29 is 33.4 Å². The zero-order valence-corrected chi connectivity index (χ0v) is 37.6. The summed E-state index contributed by atoms with van der Waals surface area (Å²) in [6.07, 6.45) is 3.39. The monoisotopic (exact) mass is 911 g/mol. The lowest BCUT2D eigenvalue weighted by atomic mass is 9.93. The second-order valence-corrected chi connectivity index (χ2v) is 17.1. The summed E-state index contributed by atoms with van der Waals surface area (Å²) in [5, 5.41) is 19.8. The number of nitriles is 1. The zero-order valence-electron chi connectivity index (χ0n) is 36.0. The first-order valence-corrected chi connectivity index (χ1v) is 23.0. The van der Waals surface area contributed by atoms with Crippen LogP contribution in [0.5, 0.6) is 11.5 Å². The number of rotatable bonds is 17. The van der Waals surface area contributed by atoms with Gasteiger partial charge in [-0.1, -0.05) is 45.9 Å². The summed E-state index contributed by atoms with van der Waals surface area (Å²) >= 11 is 0. The van der Waals surface area contributed by atoms with E-state index in [0.717, 1.165) is 10.5 Å². The summed E-state index contributed by atoms with van der Waals surface area (Å²) in [7, 11) is 4.67. The standard InChI is InChI=1S/C44H53N11O7S2/c1-25-33(24-50-39(51-25)28-6-9-30(10-7-28)64-63-4)41(57)53-34(13-14-45)44(60)55(3)38-29-8-12-37(62-20-17-48)32(23-29)31-21-27(5-11-36(31)61-19-16-47)22-35(42(58)49-18-15-46)54-40(56)26(2)52-43(38)59/h5-12,21,23-24,26,34-35,38H,13-14,16-20,22,45,47-48H2,1-4H3,(H,49,58)(H,52,59)(H,53,57)(H,54,56)/t26-,34-,35-,38-/m0/s1. The van der Waals surface area contributed by atoms with E-state index in [4.69, 9.17) is 31.9 Å². The summed E-state index contributed by atoms with van der Waals surface area (Å²) in [5.41, 5.74) is 20.8. The molecule has 18 nitrogen and oxygen atoms in total. The molecule has 1 aromatic heterocycles. The van der Waals surface area contributed by atoms with Crippen LogP contribution < -0.4 is 47.9 Å². The van der Waals surface area contributed by atoms with E-state index in [9.17, 15) is 24.0 Å². The van der Waals surface area contributed by atoms with Gasteiger partial charge in [0.2, 0.25) is 23.6 Å². The Balaban J connectivity index is 1.56. The van der Waals surface area contributed by atoms with Gasteiger partial charge < -0.3 is 52.8 Å². The third-order valence-corrected chi connectivity index (χ3v) is 11.8. The predicted octanol–water partition coefficient (Wildman–Crippen LogP) is 2.00. The van der Waals surface area contributed by atoms with Crippen LogP contribution in [0.15, 0.2) is 71.8 Å². The van der Waals surface area contributed by atoms with Gasteiger partial charge in [-0.15, -0.1) is 0 Å². The van der Waals surface area contributed by atoms with Crippen molar-refractivity contribution in [2.45, 2.75) is 55.8 Å². The molecule has 0 aliphatic carbocycles. The molecule has 64 heavy (non-hydrogen) atoms. The maximum atomic E-state index is 14.6. The van der Waals surface area contributed by atoms with Gasteiger partial charge in [0.05, 0.1) is 17.3 Å². The number of amides is 5. The highest BCUT2D eigenvalue weighted by Gasteiger charge is 2.36. The molecular weight excluding hydrogens is 859 g/mol. The molecule has 4 aromatic rings. The maximum absolute atomic E-state index is 14.6. The third-order valence-electron chi connectivity index (χ3n) is 10.1. The Morgan fingerprint density at radius 2 is 1.62 bits per heavy atom. The molecule has 0 fully saturated rings. The fraction of sp³-hybridized carbons (Fsp3) is 0.364. The summed E-state index contributed by atoms with van der Waals surface area (Å²) in [6.45, 7) is 3.47. The number of nitrogens with one attached hydrogen (secondary N) is 4. The van der Waals surface area contributed by atoms with E-state index in [0.29, 0.717) is 45.3 Å². The van der Waals surface area contributed by atoms with Gasteiger partial charge in [0.25, 0.3) is 5.91 Å². The lowest BCUT2D eigenvalue weighted by Gasteiger charge is -2.32. The van der Waals surface area contributed by atoms with Gasteiger partial charge in [-0.05, 0) is 80.6 Å². The first-order chi connectivity index (χ1) is 30.8. The smallest absolute Gasteiger partial charge is 0.255 e. The summed E-state index contributed by atoms with van der Waals surface area (Å²) in [5.74, 6) is -2.18. The second kappa shape index (κ2) is 23.4. The molecule has 1 aliphatic rings. The molecule has 0 saturated carbocycles. The molecule has 20 heteroatoms. The zero-order chi connectivity index (χ0) is 46.3. The highest BCUT2D eigenvalue weighted by atomic mass is 33.1. The van der Waals surface area contributed by atoms with E-state index in [1.54, 1.807) is 64.9 Å². The number of aryl methyl sites for hydroxylation is 1. The number of hydrogen-bond acceptors (Lipinski definition) is 15. The second-order valence-electron chi connectivity index (χ2n) is 14.7. The van der Waals surface area contributed by atoms with E-state index < -0.39 is 53.7 Å². The predicted molar refractivity (Wildman–Crippen MR) is 245 cm³/mol. The summed E-state index contributed by atoms with van der Waals surface area (Å²) < 4.78 is 12.2. The van der Waals surface area contributed by atoms with Gasteiger partial charge in [0.1, 0.15) is 55.4 Å². The Labute approximate surface area is 379 Å². The highest BCUT2D eigenvalue weighted by molar-refractivity contribution is 8.76. The van der Waals surface area contributed by atoms with Gasteiger partial charge in [0.15, 0.2) is 5.82 Å². The van der Waals surface area contributed by atoms with E-state index in [-0.39, 0.29) is 57.8 Å². The Kier molecular flexibility index (Phi) is 17.9. The lowest BCUT2D eigenvalue weighted by molar-refractivity contribution is -0.141. The molecule has 0 unspecified atom stereocenters. The number of benzene rings is 3. The topological polar surface area (TPSA) is 283 Å². The number of nitrogens with zero attached hydrogens (tertiary/aromatic N) is 4. The Hall–Kier alpha value is -6.24. The minimum Gasteiger partial charge on any atom is -0.492 e. The van der Waals surface area contributed by atoms with E-state index in [1.165, 1.54) is 25.1 Å². The number of likely N-dealkylation sites (N-methyl/N-ethyl adjacent to an activating group) is 1. The minimum atomic E-state index is -1.40. The molecule has 0 saturated heterocycles. The molecule has 4 atom stereocenters. The maximum Gasteiger partial charge on any atom is 0.255 e. The Morgan fingerprint density at radius 3 is 2.25 bits per heavy atom. The van der Waals surface area contributed by atoms with Crippen molar-refractivity contribution in [3.05, 3.63) is 89.2 Å². The molecule has 3 aromatic carbocycles. The number of aromatic nitrogens is 2. The van der Waals surface area contributed by atoms with E-state index in [1.807, 2.05) is 36.6 Å². The van der Waals surface area contributed by atoms with E-state index in [2.05, 4.69) is 31.2 Å². The molecule has 338 valence electrons. The molecule has 4 bridgehead atoms. The SMILES string of the molecule is CSSc1ccc(-c2ncc(C(=O)N[C@@H](CCN)C(=O)N(C)[C@@H]3C(=O)N[C@@H](C)C(=O)N[C@H](C(=O)NCC#N)Cc4ccc(OCCN)c(c4)-c4cc3ccc4OCCN)c(C)n2)cc1. The van der Waals surface area contributed by atoms with Crippen molar-refractivity contribution in [1.29, 1.82) is 5.26 Å². The average molecular weight is 912 g/mol. The van der Waals surface area contributed by atoms with Crippen molar-refractivity contribution in [3.8, 4) is 40.1 Å². The quantitative estimate of drug-likeness (QED) is 0.0589. The van der Waals surface area contributed by atoms with Crippen molar-refractivity contribution in [2.75, 3.05) is 52.7 Å². The van der Waals surface area contributed by atoms with Gasteiger partial charge in [-0.3, -0.25) is 24.0 Å². The van der Waals surface area contributed by atoms with Crippen LogP contribution >= 0.6 is 21.6 Å². The Bertz CT molecular complexity index is 2360. The number of hydrogen-bond donors (Lipinski definition) is 7. The van der Waals surface area contributed by atoms with Crippen LogP contribution in [0.3, 0.4) is 0 Å². The van der Waals surface area contributed by atoms with Crippen LogP contribution in [0.2, 0.25) is 0 Å². The lowest BCUT2D eigenvalue weighted by Crippen LogP contribution is -2.56. The normalized spacial score (nSPS) is 16.5. The number of fused-ring (bicyclic) bond motifs is 5. The molecule has 0 spiro atoms. The average Bonchev–Trinajstić information content (AvgIpc) is 3.29. The molecular formula is C44H53N11O7S2. The first kappa shape index (κ1) is 48.8. The van der Waals surface area contributed by atoms with Crippen molar-refractivity contribution in [1.82, 2.24) is 36.1 Å². The van der Waals surface area contributed by atoms with Gasteiger partial charge >= 0.3 is 0 Å². The van der Waals surface area contributed by atoms with Crippen molar-refractivity contribution in [3.63, 3.8) is 0 Å². The largest absolute Gasteiger partial charge is 0.492 e. The fourth-order valence-corrected chi connectivity index (χ4v) is 8.30. The molecule has 0 radical (unpaired) electrons. The van der Waals surface area contributed by atoms with Crippen LogP contribution in [0.1, 0.15) is 46.6 Å². The van der Waals surface area contributed by atoms with Crippen LogP contribution in [-0.2, 0) is 25.6 Å². The highest BCUT2D eigenvalue weighted by Crippen LogP contribution is 2.40. The van der Waals surface area contributed by atoms with Crippen LogP contribution in [0.25, 0.3) is 22.5 Å². The molecule has 5 amide bonds. The molecule has 10 N–H and O–H groups in total. The van der Waals surface area contributed by atoms with Crippen LogP contribution in [-0.4, -0.2) is 115 Å². The number of nitrogens with two attached hydrogens (primary N) is 3. The van der Waals surface area contributed by atoms with Crippen LogP contribution in [0, 0.1) is 18.3 Å². The van der Waals surface area contributed by atoms with Crippen LogP contribution in [0.4, 0.5) is 0 Å². The molecule has 5 rings (SSSR count). The minimum absolute atomic E-state index is 0.000188. The third kappa shape index (κ3) is 12.3. The molecule has 2 heterocycles. The summed E-state index contributed by atoms with van der Waals surface area (Å²) in [6, 6.07) is 14.7. The molecule has 1 aliphatic heterocycles. The summed E-state index contributed by atoms with van der Waals surface area (Å²) in [4.78, 5) is 81.3. The van der Waals surface area contributed by atoms with E-state index >= 15 is 0 Å². The number of carbonyl (C=O) groups excluding carboxylic acids is 5. The van der Waals surface area contributed by atoms with Gasteiger partial charge in [0, 0.05) is 54.3 Å². The first-order valence-electron chi connectivity index (χ1n) is 20.4. The van der Waals surface area contributed by atoms with Gasteiger partial charge in [-0.2, -0.15) is 5.26 Å². The van der Waals surface area contributed by atoms with Gasteiger partial charge in [-0.25, -0.2) is 9.97 Å². The van der Waals surface area contributed by atoms with Crippen molar-refractivity contribution >= 4 is 51.1 Å².